The van der Waals surface area contributed by atoms with E-state index in [4.69, 9.17) is 0 Å². The van der Waals surface area contributed by atoms with E-state index in [1.165, 1.54) is 12.1 Å². The van der Waals surface area contributed by atoms with E-state index >= 15 is 0 Å². The molecule has 1 aromatic rings. The molecule has 2 saturated heterocycles. The van der Waals surface area contributed by atoms with Crippen LogP contribution in [0.25, 0.3) is 0 Å². The number of hydrogen-bond acceptors (Lipinski definition) is 4. The normalized spacial score (nSPS) is 27.5. The zero-order valence-corrected chi connectivity index (χ0v) is 11.8. The lowest BCUT2D eigenvalue weighted by atomic mass is 9.95. The second-order valence-corrected chi connectivity index (χ2v) is 5.71. The van der Waals surface area contributed by atoms with Gasteiger partial charge in [0.2, 0.25) is 0 Å². The fraction of sp³-hybridized carbons (Fsp3) is 0.500. The summed E-state index contributed by atoms with van der Waals surface area (Å²) < 4.78 is 0. The zero-order chi connectivity index (χ0) is 15.0. The molecule has 0 spiro atoms. The number of rotatable bonds is 2. The van der Waals surface area contributed by atoms with E-state index in [9.17, 15) is 14.9 Å². The van der Waals surface area contributed by atoms with E-state index in [1.807, 2.05) is 4.90 Å². The molecule has 2 aliphatic rings. The highest BCUT2D eigenvalue weighted by Crippen LogP contribution is 2.32. The SMILES string of the molecule is CC1C2CNCC2CN1C(=O)Nc1cccc([N+](=O)[O-])c1. The molecule has 2 fully saturated rings. The Bertz CT molecular complexity index is 577. The lowest BCUT2D eigenvalue weighted by Crippen LogP contribution is -2.40. The van der Waals surface area contributed by atoms with Crippen molar-refractivity contribution < 1.29 is 9.72 Å². The maximum Gasteiger partial charge on any atom is 0.322 e. The highest BCUT2D eigenvalue weighted by Gasteiger charge is 2.43. The highest BCUT2D eigenvalue weighted by atomic mass is 16.6. The number of benzene rings is 1. The first-order chi connectivity index (χ1) is 10.1. The third-order valence-corrected chi connectivity index (χ3v) is 4.50. The van der Waals surface area contributed by atoms with Crippen LogP contribution in [0.5, 0.6) is 0 Å². The number of amides is 2. The summed E-state index contributed by atoms with van der Waals surface area (Å²) in [5.74, 6) is 1.01. The second-order valence-electron chi connectivity index (χ2n) is 5.71. The molecule has 2 N–H and O–H groups in total. The fourth-order valence-electron chi connectivity index (χ4n) is 3.33. The Labute approximate surface area is 122 Å². The van der Waals surface area contributed by atoms with Crippen molar-refractivity contribution >= 4 is 17.4 Å². The standard InChI is InChI=1S/C14H18N4O3/c1-9-13-7-15-6-10(13)8-17(9)14(19)16-11-3-2-4-12(5-11)18(20)21/h2-5,9-10,13,15H,6-8H2,1H3,(H,16,19). The summed E-state index contributed by atoms with van der Waals surface area (Å²) in [5.41, 5.74) is 0.430. The van der Waals surface area contributed by atoms with Crippen LogP contribution in [0.1, 0.15) is 6.92 Å². The second kappa shape index (κ2) is 5.33. The number of nitrogens with zero attached hydrogens (tertiary/aromatic N) is 2. The predicted molar refractivity (Wildman–Crippen MR) is 78.1 cm³/mol. The van der Waals surface area contributed by atoms with Gasteiger partial charge in [-0.05, 0) is 24.8 Å². The number of urea groups is 1. The van der Waals surface area contributed by atoms with E-state index in [0.29, 0.717) is 17.5 Å². The minimum atomic E-state index is -0.468. The van der Waals surface area contributed by atoms with Gasteiger partial charge in [0.1, 0.15) is 0 Å². The minimum Gasteiger partial charge on any atom is -0.321 e. The quantitative estimate of drug-likeness (QED) is 0.640. The first-order valence-corrected chi connectivity index (χ1v) is 7.09. The average Bonchev–Trinajstić information content (AvgIpc) is 3.02. The summed E-state index contributed by atoms with van der Waals surface area (Å²) in [6.07, 6.45) is 0. The molecule has 0 bridgehead atoms. The van der Waals surface area contributed by atoms with Gasteiger partial charge in [0.25, 0.3) is 5.69 Å². The number of anilines is 1. The molecule has 7 heteroatoms. The van der Waals surface area contributed by atoms with Crippen molar-refractivity contribution in [1.82, 2.24) is 10.2 Å². The van der Waals surface area contributed by atoms with Crippen molar-refractivity contribution in [2.75, 3.05) is 25.0 Å². The maximum absolute atomic E-state index is 12.4. The molecular formula is C14H18N4O3. The molecule has 0 aromatic heterocycles. The summed E-state index contributed by atoms with van der Waals surface area (Å²) >= 11 is 0. The van der Waals surface area contributed by atoms with Gasteiger partial charge in [-0.3, -0.25) is 10.1 Å². The van der Waals surface area contributed by atoms with Crippen LogP contribution in [0.2, 0.25) is 0 Å². The summed E-state index contributed by atoms with van der Waals surface area (Å²) in [7, 11) is 0. The molecule has 0 radical (unpaired) electrons. The van der Waals surface area contributed by atoms with Crippen molar-refractivity contribution in [2.45, 2.75) is 13.0 Å². The number of likely N-dealkylation sites (tertiary alicyclic amines) is 1. The van der Waals surface area contributed by atoms with Crippen LogP contribution in [0.15, 0.2) is 24.3 Å². The molecular weight excluding hydrogens is 272 g/mol. The Balaban J connectivity index is 1.69. The van der Waals surface area contributed by atoms with E-state index in [1.54, 1.807) is 12.1 Å². The number of carbonyl (C=O) groups is 1. The van der Waals surface area contributed by atoms with Crippen molar-refractivity contribution in [3.05, 3.63) is 34.4 Å². The Morgan fingerprint density at radius 3 is 3.00 bits per heavy atom. The summed E-state index contributed by atoms with van der Waals surface area (Å²) in [5, 5.41) is 16.9. The zero-order valence-electron chi connectivity index (χ0n) is 11.8. The smallest absolute Gasteiger partial charge is 0.321 e. The summed E-state index contributed by atoms with van der Waals surface area (Å²) in [4.78, 5) is 24.5. The molecule has 0 aliphatic carbocycles. The van der Waals surface area contributed by atoms with Crippen molar-refractivity contribution in [3.8, 4) is 0 Å². The number of nitro benzene ring substituents is 1. The molecule has 2 heterocycles. The Morgan fingerprint density at radius 2 is 2.29 bits per heavy atom. The fourth-order valence-corrected chi connectivity index (χ4v) is 3.33. The predicted octanol–water partition coefficient (Wildman–Crippen LogP) is 1.67. The van der Waals surface area contributed by atoms with E-state index in [2.05, 4.69) is 17.6 Å². The topological polar surface area (TPSA) is 87.5 Å². The molecule has 3 rings (SSSR count). The molecule has 2 aliphatic heterocycles. The average molecular weight is 290 g/mol. The van der Waals surface area contributed by atoms with Crippen LogP contribution in [0.3, 0.4) is 0 Å². The van der Waals surface area contributed by atoms with Crippen LogP contribution in [0, 0.1) is 22.0 Å². The molecule has 21 heavy (non-hydrogen) atoms. The first-order valence-electron chi connectivity index (χ1n) is 7.09. The van der Waals surface area contributed by atoms with Gasteiger partial charge >= 0.3 is 6.03 Å². The Morgan fingerprint density at radius 1 is 1.48 bits per heavy atom. The van der Waals surface area contributed by atoms with Gasteiger partial charge in [0.15, 0.2) is 0 Å². The van der Waals surface area contributed by atoms with Crippen LogP contribution < -0.4 is 10.6 Å². The van der Waals surface area contributed by atoms with Gasteiger partial charge in [-0.15, -0.1) is 0 Å². The number of hydrogen-bond donors (Lipinski definition) is 2. The van der Waals surface area contributed by atoms with Gasteiger partial charge < -0.3 is 15.5 Å². The van der Waals surface area contributed by atoms with Crippen molar-refractivity contribution in [1.29, 1.82) is 0 Å². The van der Waals surface area contributed by atoms with Gasteiger partial charge in [-0.2, -0.15) is 0 Å². The van der Waals surface area contributed by atoms with Crippen LogP contribution in [-0.4, -0.2) is 41.5 Å². The van der Waals surface area contributed by atoms with E-state index < -0.39 is 4.92 Å². The number of nitrogens with one attached hydrogen (secondary N) is 2. The van der Waals surface area contributed by atoms with Crippen LogP contribution >= 0.6 is 0 Å². The Kier molecular flexibility index (Phi) is 3.50. The molecule has 112 valence electrons. The number of carbonyl (C=O) groups excluding carboxylic acids is 1. The van der Waals surface area contributed by atoms with Gasteiger partial charge in [-0.25, -0.2) is 4.79 Å². The lowest BCUT2D eigenvalue weighted by molar-refractivity contribution is -0.384. The number of fused-ring (bicyclic) bond motifs is 1. The van der Waals surface area contributed by atoms with E-state index in [0.717, 1.165) is 19.6 Å². The third kappa shape index (κ3) is 2.56. The van der Waals surface area contributed by atoms with Crippen LogP contribution in [-0.2, 0) is 0 Å². The van der Waals surface area contributed by atoms with Gasteiger partial charge in [0.05, 0.1) is 4.92 Å². The summed E-state index contributed by atoms with van der Waals surface area (Å²) in [6.45, 7) is 4.70. The molecule has 7 nitrogen and oxygen atoms in total. The number of nitro groups is 1. The van der Waals surface area contributed by atoms with Crippen molar-refractivity contribution in [3.63, 3.8) is 0 Å². The molecule has 3 atom stereocenters. The largest absolute Gasteiger partial charge is 0.322 e. The van der Waals surface area contributed by atoms with Crippen LogP contribution in [0.4, 0.5) is 16.2 Å². The lowest BCUT2D eigenvalue weighted by Gasteiger charge is -2.24. The van der Waals surface area contributed by atoms with Gasteiger partial charge in [-0.1, -0.05) is 6.07 Å². The molecule has 1 aromatic carbocycles. The maximum atomic E-state index is 12.4. The monoisotopic (exact) mass is 290 g/mol. The number of non-ortho nitro benzene ring substituents is 1. The third-order valence-electron chi connectivity index (χ3n) is 4.50. The van der Waals surface area contributed by atoms with Crippen molar-refractivity contribution in [2.24, 2.45) is 11.8 Å². The molecule has 3 unspecified atom stereocenters. The first kappa shape index (κ1) is 13.8. The van der Waals surface area contributed by atoms with Gasteiger partial charge in [0, 0.05) is 43.5 Å². The minimum absolute atomic E-state index is 0.0247. The molecule has 0 saturated carbocycles. The Hall–Kier alpha value is -2.15. The molecule has 2 amide bonds. The highest BCUT2D eigenvalue weighted by molar-refractivity contribution is 5.90. The van der Waals surface area contributed by atoms with E-state index in [-0.39, 0.29) is 17.8 Å². The summed E-state index contributed by atoms with van der Waals surface area (Å²) in [6, 6.07) is 6.01.